The standard InChI is InChI=1S/C39H40N6O5/c1-26(9-6-7-20-44-24-35(42-43-44)33(25-46)28-11-4-3-5-12-28)39(49)34-22-32(50-2)18-19-36(34)45(38(39)48)23-27-10-8-13-31(21-27)41-37(47)29-14-16-30(40)17-15-29/h3-6,8-19,21-22,24,26,33,46,49H,7,20,23,25,40H2,1-2H3,(H,41,47)/b9-6+/t26-,33?,39+/m0/s1. The number of anilines is 3. The van der Waals surface area contributed by atoms with Gasteiger partial charge in [0.15, 0.2) is 5.60 Å². The lowest BCUT2D eigenvalue weighted by Gasteiger charge is -2.28. The van der Waals surface area contributed by atoms with Gasteiger partial charge in [0, 0.05) is 41.2 Å². The van der Waals surface area contributed by atoms with Gasteiger partial charge in [-0.15, -0.1) is 5.10 Å². The summed E-state index contributed by atoms with van der Waals surface area (Å²) in [6.45, 7) is 2.43. The van der Waals surface area contributed by atoms with E-state index in [4.69, 9.17) is 10.5 Å². The van der Waals surface area contributed by atoms with Crippen molar-refractivity contribution < 1.29 is 24.5 Å². The zero-order valence-electron chi connectivity index (χ0n) is 27.9. The molecule has 1 aliphatic rings. The molecule has 0 radical (unpaired) electrons. The second kappa shape index (κ2) is 14.8. The van der Waals surface area contributed by atoms with Crippen LogP contribution in [0.2, 0.25) is 0 Å². The zero-order valence-corrected chi connectivity index (χ0v) is 27.9. The first-order chi connectivity index (χ1) is 24.2. The van der Waals surface area contributed by atoms with Crippen molar-refractivity contribution in [2.24, 2.45) is 5.92 Å². The molecule has 1 unspecified atom stereocenters. The van der Waals surface area contributed by atoms with Crippen molar-refractivity contribution in [3.8, 4) is 5.75 Å². The number of aliphatic hydroxyl groups is 2. The Morgan fingerprint density at radius 2 is 1.82 bits per heavy atom. The minimum Gasteiger partial charge on any atom is -0.497 e. The maximum Gasteiger partial charge on any atom is 0.264 e. The molecule has 11 nitrogen and oxygen atoms in total. The van der Waals surface area contributed by atoms with Crippen LogP contribution in [0.15, 0.2) is 115 Å². The second-order valence-corrected chi connectivity index (χ2v) is 12.4. The summed E-state index contributed by atoms with van der Waals surface area (Å²) in [5, 5.41) is 33.6. The fourth-order valence-corrected chi connectivity index (χ4v) is 6.26. The number of nitrogens with two attached hydrogens (primary N) is 1. The van der Waals surface area contributed by atoms with E-state index >= 15 is 0 Å². The number of nitrogens with zero attached hydrogens (tertiary/aromatic N) is 4. The fraction of sp³-hybridized carbons (Fsp3) is 0.231. The molecule has 5 aromatic rings. The Hall–Kier alpha value is -5.78. The van der Waals surface area contributed by atoms with Crippen LogP contribution < -0.4 is 20.7 Å². The maximum absolute atomic E-state index is 14.1. The molecule has 11 heteroatoms. The number of hydrogen-bond acceptors (Lipinski definition) is 8. The highest BCUT2D eigenvalue weighted by atomic mass is 16.5. The van der Waals surface area contributed by atoms with Crippen LogP contribution in [0.4, 0.5) is 17.1 Å². The highest BCUT2D eigenvalue weighted by Crippen LogP contribution is 2.47. The quantitative estimate of drug-likeness (QED) is 0.0975. The highest BCUT2D eigenvalue weighted by molar-refractivity contribution is 6.07. The Balaban J connectivity index is 1.16. The first-order valence-electron chi connectivity index (χ1n) is 16.4. The van der Waals surface area contributed by atoms with E-state index in [1.165, 1.54) is 0 Å². The van der Waals surface area contributed by atoms with Crippen molar-refractivity contribution >= 4 is 28.9 Å². The summed E-state index contributed by atoms with van der Waals surface area (Å²) in [5.74, 6) is -1.05. The van der Waals surface area contributed by atoms with Crippen LogP contribution in [0.3, 0.4) is 0 Å². The molecule has 2 heterocycles. The van der Waals surface area contributed by atoms with E-state index in [0.29, 0.717) is 52.6 Å². The average molecular weight is 673 g/mol. The third-order valence-corrected chi connectivity index (χ3v) is 9.08. The Morgan fingerprint density at radius 1 is 1.04 bits per heavy atom. The molecular formula is C39H40N6O5. The van der Waals surface area contributed by atoms with Crippen LogP contribution in [0.5, 0.6) is 5.75 Å². The smallest absolute Gasteiger partial charge is 0.264 e. The van der Waals surface area contributed by atoms with Gasteiger partial charge in [-0.3, -0.25) is 14.3 Å². The van der Waals surface area contributed by atoms with Crippen LogP contribution >= 0.6 is 0 Å². The van der Waals surface area contributed by atoms with Crippen molar-refractivity contribution in [3.05, 3.63) is 143 Å². The molecule has 0 saturated carbocycles. The maximum atomic E-state index is 14.1. The minimum atomic E-state index is -1.84. The monoisotopic (exact) mass is 672 g/mol. The number of benzene rings is 4. The topological polar surface area (TPSA) is 156 Å². The van der Waals surface area contributed by atoms with Gasteiger partial charge in [-0.25, -0.2) is 0 Å². The predicted octanol–water partition coefficient (Wildman–Crippen LogP) is 5.26. The van der Waals surface area contributed by atoms with Crippen molar-refractivity contribution in [1.82, 2.24) is 15.0 Å². The molecule has 256 valence electrons. The van der Waals surface area contributed by atoms with E-state index in [-0.39, 0.29) is 25.0 Å². The molecule has 0 bridgehead atoms. The second-order valence-electron chi connectivity index (χ2n) is 12.4. The Bertz CT molecular complexity index is 1990. The summed E-state index contributed by atoms with van der Waals surface area (Å²) in [7, 11) is 1.54. The SMILES string of the molecule is COc1ccc2c(c1)[C@](O)([C@@H](C)/C=C/CCn1cc(C(CO)c3ccccc3)nn1)C(=O)N2Cc1cccc(NC(=O)c2ccc(N)cc2)c1. The summed E-state index contributed by atoms with van der Waals surface area (Å²) in [4.78, 5) is 28.5. The van der Waals surface area contributed by atoms with Gasteiger partial charge in [-0.2, -0.15) is 0 Å². The number of ether oxygens (including phenoxy) is 1. The van der Waals surface area contributed by atoms with Crippen LogP contribution in [0.1, 0.15) is 52.0 Å². The highest BCUT2D eigenvalue weighted by Gasteiger charge is 2.52. The molecule has 4 aromatic carbocycles. The van der Waals surface area contributed by atoms with E-state index in [1.54, 1.807) is 65.2 Å². The molecule has 0 fully saturated rings. The van der Waals surface area contributed by atoms with Gasteiger partial charge in [0.05, 0.1) is 37.6 Å². The van der Waals surface area contributed by atoms with Crippen molar-refractivity contribution in [2.75, 3.05) is 29.7 Å². The van der Waals surface area contributed by atoms with E-state index in [0.717, 1.165) is 11.1 Å². The van der Waals surface area contributed by atoms with Crippen LogP contribution in [0.25, 0.3) is 0 Å². The number of nitrogens with one attached hydrogen (secondary N) is 1. The number of aliphatic hydroxyl groups excluding tert-OH is 1. The van der Waals surface area contributed by atoms with Gasteiger partial charge in [-0.05, 0) is 72.1 Å². The number of hydrogen-bond donors (Lipinski definition) is 4. The molecule has 0 saturated heterocycles. The first kappa shape index (κ1) is 34.1. The van der Waals surface area contributed by atoms with E-state index in [1.807, 2.05) is 73.8 Å². The molecule has 2 amide bonds. The van der Waals surface area contributed by atoms with Crippen LogP contribution in [-0.2, 0) is 23.5 Å². The zero-order chi connectivity index (χ0) is 35.3. The average Bonchev–Trinajstić information content (AvgIpc) is 3.68. The molecule has 5 N–H and O–H groups in total. The molecule has 1 aliphatic heterocycles. The number of allylic oxidation sites excluding steroid dienone is 1. The lowest BCUT2D eigenvalue weighted by Crippen LogP contribution is -2.44. The van der Waals surface area contributed by atoms with Gasteiger partial charge in [0.2, 0.25) is 0 Å². The molecule has 0 aliphatic carbocycles. The molecule has 3 atom stereocenters. The molecule has 6 rings (SSSR count). The van der Waals surface area contributed by atoms with E-state index in [9.17, 15) is 19.8 Å². The lowest BCUT2D eigenvalue weighted by molar-refractivity contribution is -0.139. The third-order valence-electron chi connectivity index (χ3n) is 9.08. The number of fused-ring (bicyclic) bond motifs is 1. The molecule has 1 aromatic heterocycles. The number of aromatic nitrogens is 3. The normalized spacial score (nSPS) is 16.7. The number of carbonyl (C=O) groups is 2. The number of aryl methyl sites for hydroxylation is 1. The summed E-state index contributed by atoms with van der Waals surface area (Å²) >= 11 is 0. The van der Waals surface area contributed by atoms with Crippen molar-refractivity contribution in [2.45, 2.75) is 38.0 Å². The molecular weight excluding hydrogens is 632 g/mol. The van der Waals surface area contributed by atoms with Gasteiger partial charge in [-0.1, -0.05) is 66.8 Å². The van der Waals surface area contributed by atoms with E-state index < -0.39 is 17.4 Å². The van der Waals surface area contributed by atoms with Crippen molar-refractivity contribution in [3.63, 3.8) is 0 Å². The Kier molecular flexibility index (Phi) is 10.1. The van der Waals surface area contributed by atoms with Crippen LogP contribution in [-0.4, -0.2) is 50.7 Å². The van der Waals surface area contributed by atoms with E-state index in [2.05, 4.69) is 15.6 Å². The number of rotatable bonds is 13. The third kappa shape index (κ3) is 7.00. The lowest BCUT2D eigenvalue weighted by atomic mass is 9.83. The Labute approximate surface area is 290 Å². The fourth-order valence-electron chi connectivity index (χ4n) is 6.26. The summed E-state index contributed by atoms with van der Waals surface area (Å²) < 4.78 is 7.18. The van der Waals surface area contributed by atoms with Gasteiger partial charge in [0.1, 0.15) is 5.75 Å². The van der Waals surface area contributed by atoms with Gasteiger partial charge in [0.25, 0.3) is 11.8 Å². The summed E-state index contributed by atoms with van der Waals surface area (Å²) in [6.07, 6.45) is 6.18. The number of methoxy groups -OCH3 is 1. The number of carbonyl (C=O) groups excluding carboxylic acids is 2. The first-order valence-corrected chi connectivity index (χ1v) is 16.4. The number of amides is 2. The summed E-state index contributed by atoms with van der Waals surface area (Å²) in [6, 6.07) is 28.9. The minimum absolute atomic E-state index is 0.0808. The van der Waals surface area contributed by atoms with Gasteiger partial charge < -0.3 is 30.9 Å². The predicted molar refractivity (Wildman–Crippen MR) is 192 cm³/mol. The van der Waals surface area contributed by atoms with Gasteiger partial charge >= 0.3 is 0 Å². The number of nitrogen functional groups attached to an aromatic ring is 1. The van der Waals surface area contributed by atoms with Crippen molar-refractivity contribution in [1.29, 1.82) is 0 Å². The molecule has 0 spiro atoms. The summed E-state index contributed by atoms with van der Waals surface area (Å²) in [5.41, 5.74) is 8.99. The Morgan fingerprint density at radius 3 is 2.56 bits per heavy atom. The molecule has 50 heavy (non-hydrogen) atoms. The largest absolute Gasteiger partial charge is 0.497 e. The van der Waals surface area contributed by atoms with Crippen LogP contribution in [0, 0.1) is 5.92 Å².